The lowest BCUT2D eigenvalue weighted by Crippen LogP contribution is -2.27. The van der Waals surface area contributed by atoms with Crippen LogP contribution in [0.2, 0.25) is 0 Å². The van der Waals surface area contributed by atoms with Crippen molar-refractivity contribution in [2.45, 2.75) is 52.4 Å². The zero-order chi connectivity index (χ0) is 7.90. The maximum atomic E-state index is 2.53. The molecule has 2 saturated carbocycles. The van der Waals surface area contributed by atoms with E-state index < -0.39 is 0 Å². The molecule has 0 aromatic rings. The van der Waals surface area contributed by atoms with Gasteiger partial charge in [0.25, 0.3) is 0 Å². The van der Waals surface area contributed by atoms with E-state index in [2.05, 4.69) is 13.8 Å². The Hall–Kier alpha value is 0. The van der Waals surface area contributed by atoms with Crippen molar-refractivity contribution in [3.63, 3.8) is 0 Å². The van der Waals surface area contributed by atoms with Gasteiger partial charge in [0.1, 0.15) is 0 Å². The molecule has 0 N–H and O–H groups in total. The normalized spacial score (nSPS) is 50.7. The van der Waals surface area contributed by atoms with Gasteiger partial charge in [-0.25, -0.2) is 0 Å². The van der Waals surface area contributed by atoms with Crippen molar-refractivity contribution >= 4 is 0 Å². The van der Waals surface area contributed by atoms with Crippen LogP contribution in [0.3, 0.4) is 0 Å². The van der Waals surface area contributed by atoms with Crippen LogP contribution in [0.15, 0.2) is 0 Å². The smallest absolute Gasteiger partial charge is 0.0295 e. The summed E-state index contributed by atoms with van der Waals surface area (Å²) in [5.41, 5.74) is 0.762. The highest BCUT2D eigenvalue weighted by Crippen LogP contribution is 2.54. The molecular weight excluding hydrogens is 132 g/mol. The van der Waals surface area contributed by atoms with Crippen molar-refractivity contribution in [2.75, 3.05) is 0 Å². The van der Waals surface area contributed by atoms with Gasteiger partial charge in [-0.2, -0.15) is 0 Å². The number of fused-ring (bicyclic) bond motifs is 1. The van der Waals surface area contributed by atoms with Crippen molar-refractivity contribution in [1.82, 2.24) is 0 Å². The second kappa shape index (κ2) is 2.50. The largest absolute Gasteiger partial charge is 0.0622 e. The number of hydrogen-bond donors (Lipinski definition) is 0. The summed E-state index contributed by atoms with van der Waals surface area (Å²) in [7, 11) is 0. The van der Waals surface area contributed by atoms with Crippen LogP contribution in [0.1, 0.15) is 52.4 Å². The SMILES string of the molecule is CC1CCC2(C)CCCCC12. The van der Waals surface area contributed by atoms with Crippen LogP contribution in [-0.4, -0.2) is 0 Å². The molecule has 0 saturated heterocycles. The molecule has 0 aromatic heterocycles. The first-order valence-electron chi connectivity index (χ1n) is 5.22. The highest BCUT2D eigenvalue weighted by atomic mass is 14.5. The van der Waals surface area contributed by atoms with Gasteiger partial charge < -0.3 is 0 Å². The zero-order valence-corrected chi connectivity index (χ0v) is 7.90. The molecule has 3 atom stereocenters. The summed E-state index contributed by atoms with van der Waals surface area (Å²) in [6, 6.07) is 0. The standard InChI is InChI=1S/C11H20/c1-9-6-8-11(2)7-4-3-5-10(9)11/h9-10H,3-8H2,1-2H3. The third kappa shape index (κ3) is 1.11. The minimum atomic E-state index is 0.762. The Bertz CT molecular complexity index is 146. The van der Waals surface area contributed by atoms with Gasteiger partial charge in [-0.05, 0) is 42.9 Å². The first-order valence-corrected chi connectivity index (χ1v) is 5.22. The van der Waals surface area contributed by atoms with E-state index in [9.17, 15) is 0 Å². The van der Waals surface area contributed by atoms with Gasteiger partial charge in [-0.3, -0.25) is 0 Å². The summed E-state index contributed by atoms with van der Waals surface area (Å²) >= 11 is 0. The molecule has 2 rings (SSSR count). The van der Waals surface area contributed by atoms with Gasteiger partial charge in [-0.15, -0.1) is 0 Å². The fraction of sp³-hybridized carbons (Fsp3) is 1.00. The topological polar surface area (TPSA) is 0 Å². The van der Waals surface area contributed by atoms with Crippen LogP contribution in [0.5, 0.6) is 0 Å². The summed E-state index contributed by atoms with van der Waals surface area (Å²) < 4.78 is 0. The maximum absolute atomic E-state index is 2.53. The Morgan fingerprint density at radius 3 is 2.64 bits per heavy atom. The van der Waals surface area contributed by atoms with Gasteiger partial charge in [0.15, 0.2) is 0 Å². The second-order valence-electron chi connectivity index (χ2n) is 5.02. The van der Waals surface area contributed by atoms with Gasteiger partial charge in [-0.1, -0.05) is 26.7 Å². The Labute approximate surface area is 70.4 Å². The van der Waals surface area contributed by atoms with Crippen molar-refractivity contribution in [1.29, 1.82) is 0 Å². The Kier molecular flexibility index (Phi) is 1.74. The lowest BCUT2D eigenvalue weighted by atomic mass is 9.68. The second-order valence-corrected chi connectivity index (χ2v) is 5.02. The Balaban J connectivity index is 2.14. The predicted octanol–water partition coefficient (Wildman–Crippen LogP) is 3.61. The van der Waals surface area contributed by atoms with Crippen molar-refractivity contribution < 1.29 is 0 Å². The maximum Gasteiger partial charge on any atom is -0.0295 e. The average Bonchev–Trinajstić information content (AvgIpc) is 2.29. The Morgan fingerprint density at radius 2 is 1.91 bits per heavy atom. The molecule has 0 radical (unpaired) electrons. The van der Waals surface area contributed by atoms with Crippen LogP contribution in [0, 0.1) is 17.3 Å². The van der Waals surface area contributed by atoms with Gasteiger partial charge in [0.05, 0.1) is 0 Å². The van der Waals surface area contributed by atoms with E-state index >= 15 is 0 Å². The van der Waals surface area contributed by atoms with Gasteiger partial charge >= 0.3 is 0 Å². The molecule has 2 fully saturated rings. The van der Waals surface area contributed by atoms with E-state index in [1.807, 2.05) is 0 Å². The zero-order valence-electron chi connectivity index (χ0n) is 7.90. The molecule has 0 heterocycles. The third-order valence-corrected chi connectivity index (χ3v) is 4.27. The molecule has 11 heavy (non-hydrogen) atoms. The van der Waals surface area contributed by atoms with Gasteiger partial charge in [0.2, 0.25) is 0 Å². The minimum Gasteiger partial charge on any atom is -0.0622 e. The summed E-state index contributed by atoms with van der Waals surface area (Å²) in [6.07, 6.45) is 9.06. The molecule has 0 bridgehead atoms. The molecule has 0 nitrogen and oxygen atoms in total. The highest BCUT2D eigenvalue weighted by Gasteiger charge is 2.43. The molecule has 2 aliphatic carbocycles. The molecule has 0 aliphatic heterocycles. The summed E-state index contributed by atoms with van der Waals surface area (Å²) in [5.74, 6) is 2.11. The predicted molar refractivity (Wildman–Crippen MR) is 48.5 cm³/mol. The van der Waals surface area contributed by atoms with E-state index in [4.69, 9.17) is 0 Å². The number of hydrogen-bond acceptors (Lipinski definition) is 0. The molecule has 0 aromatic carbocycles. The van der Waals surface area contributed by atoms with Crippen molar-refractivity contribution in [2.24, 2.45) is 17.3 Å². The molecule has 0 spiro atoms. The summed E-state index contributed by atoms with van der Waals surface area (Å²) in [6.45, 7) is 4.99. The summed E-state index contributed by atoms with van der Waals surface area (Å²) in [5, 5.41) is 0. The van der Waals surface area contributed by atoms with Crippen LogP contribution in [0.25, 0.3) is 0 Å². The molecule has 64 valence electrons. The van der Waals surface area contributed by atoms with Crippen LogP contribution in [0.4, 0.5) is 0 Å². The molecular formula is C11H20. The third-order valence-electron chi connectivity index (χ3n) is 4.27. The quantitative estimate of drug-likeness (QED) is 0.497. The fourth-order valence-corrected chi connectivity index (χ4v) is 3.47. The highest BCUT2D eigenvalue weighted by molar-refractivity contribution is 4.94. The first-order chi connectivity index (χ1) is 5.22. The number of rotatable bonds is 0. The van der Waals surface area contributed by atoms with Crippen molar-refractivity contribution in [3.05, 3.63) is 0 Å². The molecule has 0 amide bonds. The fourth-order valence-electron chi connectivity index (χ4n) is 3.47. The monoisotopic (exact) mass is 152 g/mol. The van der Waals surface area contributed by atoms with Crippen LogP contribution in [-0.2, 0) is 0 Å². The van der Waals surface area contributed by atoms with E-state index in [-0.39, 0.29) is 0 Å². The lowest BCUT2D eigenvalue weighted by molar-refractivity contribution is 0.129. The van der Waals surface area contributed by atoms with E-state index in [0.717, 1.165) is 17.3 Å². The molecule has 3 unspecified atom stereocenters. The molecule has 0 heteroatoms. The Morgan fingerprint density at radius 1 is 1.09 bits per heavy atom. The summed E-state index contributed by atoms with van der Waals surface area (Å²) in [4.78, 5) is 0. The van der Waals surface area contributed by atoms with Gasteiger partial charge in [0, 0.05) is 0 Å². The van der Waals surface area contributed by atoms with E-state index in [1.165, 1.54) is 38.5 Å². The average molecular weight is 152 g/mol. The first kappa shape index (κ1) is 7.64. The minimum absolute atomic E-state index is 0.762. The van der Waals surface area contributed by atoms with Crippen LogP contribution >= 0.6 is 0 Å². The molecule has 2 aliphatic rings. The van der Waals surface area contributed by atoms with Crippen LogP contribution < -0.4 is 0 Å². The van der Waals surface area contributed by atoms with E-state index in [1.54, 1.807) is 0 Å². The lowest BCUT2D eigenvalue weighted by Gasteiger charge is -2.37. The van der Waals surface area contributed by atoms with Crippen molar-refractivity contribution in [3.8, 4) is 0 Å². The van der Waals surface area contributed by atoms with E-state index in [0.29, 0.717) is 0 Å².